The van der Waals surface area contributed by atoms with E-state index in [0.717, 1.165) is 45.3 Å². The fourth-order valence-electron chi connectivity index (χ4n) is 3.25. The maximum atomic E-state index is 12.6. The Kier molecular flexibility index (Phi) is 3.55. The van der Waals surface area contributed by atoms with Crippen LogP contribution >= 0.6 is 0 Å². The number of imidazole rings is 1. The Hall–Kier alpha value is -1.36. The molecule has 2 unspecified atom stereocenters. The van der Waals surface area contributed by atoms with Crippen molar-refractivity contribution in [2.24, 2.45) is 11.8 Å². The molecule has 1 aromatic heterocycles. The number of aromatic nitrogens is 2. The van der Waals surface area contributed by atoms with Gasteiger partial charge in [-0.25, -0.2) is 4.98 Å². The van der Waals surface area contributed by atoms with Gasteiger partial charge in [0.05, 0.1) is 6.33 Å². The van der Waals surface area contributed by atoms with Crippen molar-refractivity contribution in [1.29, 1.82) is 0 Å². The standard InChI is InChI=1S/C14H21N3O2/c18-9-11-2-1-4-16(8-11)14(19)12-3-5-17-10-15-7-13(17)6-12/h7,10-12,18H,1-6,8-9H2. The van der Waals surface area contributed by atoms with Gasteiger partial charge in [0, 0.05) is 50.5 Å². The van der Waals surface area contributed by atoms with Crippen LogP contribution in [0.5, 0.6) is 0 Å². The van der Waals surface area contributed by atoms with Crippen molar-refractivity contribution in [3.63, 3.8) is 0 Å². The molecule has 1 amide bonds. The summed E-state index contributed by atoms with van der Waals surface area (Å²) in [5.41, 5.74) is 1.17. The van der Waals surface area contributed by atoms with Gasteiger partial charge in [0.2, 0.25) is 5.91 Å². The highest BCUT2D eigenvalue weighted by Gasteiger charge is 2.31. The number of carbonyl (C=O) groups excluding carboxylic acids is 1. The number of rotatable bonds is 2. The van der Waals surface area contributed by atoms with Crippen LogP contribution in [0.2, 0.25) is 0 Å². The fraction of sp³-hybridized carbons (Fsp3) is 0.714. The summed E-state index contributed by atoms with van der Waals surface area (Å²) in [6, 6.07) is 0. The van der Waals surface area contributed by atoms with E-state index in [1.54, 1.807) is 0 Å². The highest BCUT2D eigenvalue weighted by Crippen LogP contribution is 2.24. The molecule has 104 valence electrons. The molecule has 1 fully saturated rings. The Bertz CT molecular complexity index is 457. The van der Waals surface area contributed by atoms with Crippen LogP contribution in [0.3, 0.4) is 0 Å². The molecule has 0 radical (unpaired) electrons. The SMILES string of the molecule is O=C(C1CCn2cncc2C1)N1CCCC(CO)C1. The third-order valence-corrected chi connectivity index (χ3v) is 4.41. The molecule has 3 rings (SSSR count). The number of piperidine rings is 1. The van der Waals surface area contributed by atoms with Crippen LogP contribution in [0.4, 0.5) is 0 Å². The van der Waals surface area contributed by atoms with E-state index in [9.17, 15) is 9.90 Å². The van der Waals surface area contributed by atoms with Gasteiger partial charge in [0.1, 0.15) is 0 Å². The summed E-state index contributed by atoms with van der Waals surface area (Å²) < 4.78 is 2.14. The quantitative estimate of drug-likeness (QED) is 0.853. The van der Waals surface area contributed by atoms with E-state index in [0.29, 0.717) is 0 Å². The molecule has 5 nitrogen and oxygen atoms in total. The maximum absolute atomic E-state index is 12.6. The second-order valence-corrected chi connectivity index (χ2v) is 5.74. The van der Waals surface area contributed by atoms with Gasteiger partial charge in [-0.05, 0) is 25.2 Å². The van der Waals surface area contributed by atoms with Crippen LogP contribution in [-0.4, -0.2) is 45.2 Å². The van der Waals surface area contributed by atoms with Gasteiger partial charge in [-0.3, -0.25) is 4.79 Å². The number of nitrogens with zero attached hydrogens (tertiary/aromatic N) is 3. The first-order valence-electron chi connectivity index (χ1n) is 7.16. The van der Waals surface area contributed by atoms with Gasteiger partial charge in [-0.15, -0.1) is 0 Å². The lowest BCUT2D eigenvalue weighted by atomic mass is 9.92. The molecule has 0 aromatic carbocycles. The van der Waals surface area contributed by atoms with Crippen LogP contribution in [-0.2, 0) is 17.8 Å². The van der Waals surface area contributed by atoms with E-state index >= 15 is 0 Å². The second-order valence-electron chi connectivity index (χ2n) is 5.74. The largest absolute Gasteiger partial charge is 0.396 e. The van der Waals surface area contributed by atoms with E-state index in [1.807, 2.05) is 17.4 Å². The lowest BCUT2D eigenvalue weighted by Gasteiger charge is -2.35. The molecule has 3 heterocycles. The molecule has 2 atom stereocenters. The predicted molar refractivity (Wildman–Crippen MR) is 70.4 cm³/mol. The van der Waals surface area contributed by atoms with Crippen LogP contribution in [0.15, 0.2) is 12.5 Å². The average molecular weight is 263 g/mol. The lowest BCUT2D eigenvalue weighted by Crippen LogP contribution is -2.45. The minimum absolute atomic E-state index is 0.0987. The number of likely N-dealkylation sites (tertiary alicyclic amines) is 1. The number of hydrogen-bond donors (Lipinski definition) is 1. The smallest absolute Gasteiger partial charge is 0.226 e. The van der Waals surface area contributed by atoms with E-state index in [1.165, 1.54) is 5.69 Å². The lowest BCUT2D eigenvalue weighted by molar-refractivity contribution is -0.138. The average Bonchev–Trinajstić information content (AvgIpc) is 2.94. The van der Waals surface area contributed by atoms with Gasteiger partial charge >= 0.3 is 0 Å². The van der Waals surface area contributed by atoms with E-state index < -0.39 is 0 Å². The van der Waals surface area contributed by atoms with Crippen LogP contribution in [0.25, 0.3) is 0 Å². The van der Waals surface area contributed by atoms with Crippen molar-refractivity contribution in [3.05, 3.63) is 18.2 Å². The molecule has 1 N–H and O–H groups in total. The van der Waals surface area contributed by atoms with E-state index in [2.05, 4.69) is 9.55 Å². The summed E-state index contributed by atoms with van der Waals surface area (Å²) in [6.07, 6.45) is 7.48. The van der Waals surface area contributed by atoms with Crippen molar-refractivity contribution in [2.75, 3.05) is 19.7 Å². The van der Waals surface area contributed by atoms with Crippen molar-refractivity contribution in [2.45, 2.75) is 32.2 Å². The number of hydrogen-bond acceptors (Lipinski definition) is 3. The van der Waals surface area contributed by atoms with E-state index in [-0.39, 0.29) is 24.3 Å². The predicted octanol–water partition coefficient (Wildman–Crippen LogP) is 0.676. The number of aryl methyl sites for hydroxylation is 1. The van der Waals surface area contributed by atoms with Crippen LogP contribution < -0.4 is 0 Å². The molecular formula is C14H21N3O2. The highest BCUT2D eigenvalue weighted by molar-refractivity contribution is 5.79. The second kappa shape index (κ2) is 5.33. The van der Waals surface area contributed by atoms with E-state index in [4.69, 9.17) is 0 Å². The van der Waals surface area contributed by atoms with Crippen molar-refractivity contribution in [3.8, 4) is 0 Å². The van der Waals surface area contributed by atoms with Crippen molar-refractivity contribution < 1.29 is 9.90 Å². The zero-order chi connectivity index (χ0) is 13.2. The number of carbonyl (C=O) groups is 1. The zero-order valence-corrected chi connectivity index (χ0v) is 11.2. The molecule has 0 bridgehead atoms. The highest BCUT2D eigenvalue weighted by atomic mass is 16.3. The van der Waals surface area contributed by atoms with Gasteiger partial charge in [-0.1, -0.05) is 0 Å². The normalized spacial score (nSPS) is 27.1. The summed E-state index contributed by atoms with van der Waals surface area (Å²) in [7, 11) is 0. The third kappa shape index (κ3) is 2.52. The Morgan fingerprint density at radius 3 is 3.16 bits per heavy atom. The number of aliphatic hydroxyl groups excluding tert-OH is 1. The monoisotopic (exact) mass is 263 g/mol. The molecule has 2 aliphatic rings. The summed E-state index contributed by atoms with van der Waals surface area (Å²) in [6.45, 7) is 2.67. The van der Waals surface area contributed by atoms with Crippen LogP contribution in [0, 0.1) is 11.8 Å². The first-order chi connectivity index (χ1) is 9.28. The fourth-order valence-corrected chi connectivity index (χ4v) is 3.25. The molecule has 2 aliphatic heterocycles. The van der Waals surface area contributed by atoms with Crippen LogP contribution in [0.1, 0.15) is 25.0 Å². The minimum atomic E-state index is 0.0987. The van der Waals surface area contributed by atoms with Crippen molar-refractivity contribution >= 4 is 5.91 Å². The summed E-state index contributed by atoms with van der Waals surface area (Å²) in [4.78, 5) is 18.7. The first-order valence-corrected chi connectivity index (χ1v) is 7.16. The number of amides is 1. The third-order valence-electron chi connectivity index (χ3n) is 4.41. The summed E-state index contributed by atoms with van der Waals surface area (Å²) in [5, 5.41) is 9.25. The molecule has 0 saturated carbocycles. The number of fused-ring (bicyclic) bond motifs is 1. The summed E-state index contributed by atoms with van der Waals surface area (Å²) >= 11 is 0. The molecule has 19 heavy (non-hydrogen) atoms. The number of aliphatic hydroxyl groups is 1. The zero-order valence-electron chi connectivity index (χ0n) is 11.2. The molecular weight excluding hydrogens is 242 g/mol. The Labute approximate surface area is 113 Å². The maximum Gasteiger partial charge on any atom is 0.226 e. The molecule has 5 heteroatoms. The Morgan fingerprint density at radius 1 is 1.42 bits per heavy atom. The molecule has 1 saturated heterocycles. The first kappa shape index (κ1) is 12.7. The van der Waals surface area contributed by atoms with Gasteiger partial charge < -0.3 is 14.6 Å². The van der Waals surface area contributed by atoms with Gasteiger partial charge in [-0.2, -0.15) is 0 Å². The molecule has 1 aromatic rings. The molecule has 0 spiro atoms. The Morgan fingerprint density at radius 2 is 2.32 bits per heavy atom. The Balaban J connectivity index is 1.65. The van der Waals surface area contributed by atoms with Gasteiger partial charge in [0.15, 0.2) is 0 Å². The van der Waals surface area contributed by atoms with Gasteiger partial charge in [0.25, 0.3) is 0 Å². The minimum Gasteiger partial charge on any atom is -0.396 e. The van der Waals surface area contributed by atoms with Crippen molar-refractivity contribution in [1.82, 2.24) is 14.5 Å². The molecule has 0 aliphatic carbocycles. The topological polar surface area (TPSA) is 58.4 Å². The summed E-state index contributed by atoms with van der Waals surface area (Å²) in [5.74, 6) is 0.638.